The third-order valence-electron chi connectivity index (χ3n) is 2.36. The summed E-state index contributed by atoms with van der Waals surface area (Å²) in [5.41, 5.74) is -1.12. The van der Waals surface area contributed by atoms with E-state index >= 15 is 0 Å². The molecule has 0 fully saturated rings. The van der Waals surface area contributed by atoms with Gasteiger partial charge in [0.25, 0.3) is 0 Å². The van der Waals surface area contributed by atoms with Gasteiger partial charge in [0.2, 0.25) is 0 Å². The predicted molar refractivity (Wildman–Crippen MR) is 47.0 cm³/mol. The molecule has 0 aromatic carbocycles. The van der Waals surface area contributed by atoms with Gasteiger partial charge < -0.3 is 9.47 Å². The van der Waals surface area contributed by atoms with Gasteiger partial charge in [0.15, 0.2) is 5.41 Å². The van der Waals surface area contributed by atoms with Crippen molar-refractivity contribution in [3.05, 3.63) is 0 Å². The van der Waals surface area contributed by atoms with E-state index in [0.29, 0.717) is 12.8 Å². The Labute approximate surface area is 94.8 Å². The number of hydrogen-bond acceptors (Lipinski definition) is 4. The molecule has 0 radical (unpaired) electrons. The van der Waals surface area contributed by atoms with Crippen LogP contribution in [0, 0.1) is 5.41 Å². The van der Waals surface area contributed by atoms with E-state index in [9.17, 15) is 9.59 Å². The Bertz CT molecular complexity index is 181. The zero-order chi connectivity index (χ0) is 10.5. The van der Waals surface area contributed by atoms with E-state index in [1.165, 1.54) is 14.2 Å². The van der Waals surface area contributed by atoms with E-state index in [1.807, 2.05) is 0 Å². The van der Waals surface area contributed by atoms with Crippen molar-refractivity contribution >= 4 is 11.9 Å². The van der Waals surface area contributed by atoms with Gasteiger partial charge in [0, 0.05) is 17.1 Å². The molecule has 0 amide bonds. The first-order valence-electron chi connectivity index (χ1n) is 4.25. The monoisotopic (exact) mass is 244 g/mol. The van der Waals surface area contributed by atoms with Crippen LogP contribution in [0.4, 0.5) is 0 Å². The molecule has 0 unspecified atom stereocenters. The average molecular weight is 244 g/mol. The maximum absolute atomic E-state index is 11.4. The van der Waals surface area contributed by atoms with E-state index in [1.54, 1.807) is 13.8 Å². The number of hydrogen-bond donors (Lipinski definition) is 0. The number of rotatable bonds is 4. The van der Waals surface area contributed by atoms with Crippen molar-refractivity contribution in [1.82, 2.24) is 0 Å². The van der Waals surface area contributed by atoms with Crippen molar-refractivity contribution in [2.24, 2.45) is 5.41 Å². The number of methoxy groups -OCH3 is 2. The molecule has 0 saturated heterocycles. The van der Waals surface area contributed by atoms with E-state index < -0.39 is 17.4 Å². The molecule has 0 heterocycles. The summed E-state index contributed by atoms with van der Waals surface area (Å²) in [4.78, 5) is 22.7. The molecule has 0 saturated carbocycles. The van der Waals surface area contributed by atoms with E-state index in [0.717, 1.165) is 0 Å². The summed E-state index contributed by atoms with van der Waals surface area (Å²) < 4.78 is 9.16. The predicted octanol–water partition coefficient (Wildman–Crippen LogP) is 1.14. The minimum atomic E-state index is -1.12. The number of ether oxygens (including phenoxy) is 2. The molecule has 0 N–H and O–H groups in total. The maximum atomic E-state index is 11.4. The van der Waals surface area contributed by atoms with Gasteiger partial charge in [0.05, 0.1) is 14.2 Å². The van der Waals surface area contributed by atoms with Gasteiger partial charge in [-0.3, -0.25) is 9.59 Å². The Morgan fingerprint density at radius 3 is 1.43 bits per heavy atom. The third-order valence-corrected chi connectivity index (χ3v) is 2.36. The fourth-order valence-electron chi connectivity index (χ4n) is 1.30. The fourth-order valence-corrected chi connectivity index (χ4v) is 1.30. The van der Waals surface area contributed by atoms with Crippen LogP contribution >= 0.6 is 0 Å². The van der Waals surface area contributed by atoms with Gasteiger partial charge in [0.1, 0.15) is 0 Å². The van der Waals surface area contributed by atoms with E-state index in [4.69, 9.17) is 0 Å². The van der Waals surface area contributed by atoms with Crippen molar-refractivity contribution in [2.45, 2.75) is 26.7 Å². The second-order valence-corrected chi connectivity index (χ2v) is 2.77. The van der Waals surface area contributed by atoms with Gasteiger partial charge >= 0.3 is 11.9 Å². The standard InChI is InChI=1S/C9H16O4.Fe/c1-5-9(6-2,7(10)12-3)8(11)13-4;/h5-6H2,1-4H3;. The molecule has 0 atom stereocenters. The van der Waals surface area contributed by atoms with Crippen LogP contribution < -0.4 is 0 Å². The van der Waals surface area contributed by atoms with Crippen LogP contribution in [-0.2, 0) is 36.1 Å². The molecule has 0 spiro atoms. The summed E-state index contributed by atoms with van der Waals surface area (Å²) in [6.45, 7) is 3.52. The second kappa shape index (κ2) is 6.85. The molecule has 14 heavy (non-hydrogen) atoms. The maximum Gasteiger partial charge on any atom is 0.323 e. The first-order chi connectivity index (χ1) is 6.08. The van der Waals surface area contributed by atoms with Crippen LogP contribution in [0.15, 0.2) is 0 Å². The van der Waals surface area contributed by atoms with Crippen molar-refractivity contribution in [3.63, 3.8) is 0 Å². The van der Waals surface area contributed by atoms with Gasteiger partial charge in [-0.05, 0) is 12.8 Å². The zero-order valence-corrected chi connectivity index (χ0v) is 10.0. The Morgan fingerprint density at radius 1 is 1.00 bits per heavy atom. The number of carbonyl (C=O) groups excluding carboxylic acids is 2. The van der Waals surface area contributed by atoms with Crippen molar-refractivity contribution in [1.29, 1.82) is 0 Å². The summed E-state index contributed by atoms with van der Waals surface area (Å²) in [5.74, 6) is -1.05. The van der Waals surface area contributed by atoms with Crippen LogP contribution in [0.1, 0.15) is 26.7 Å². The topological polar surface area (TPSA) is 52.6 Å². The Hall–Kier alpha value is -0.541. The second-order valence-electron chi connectivity index (χ2n) is 2.77. The summed E-state index contributed by atoms with van der Waals surface area (Å²) in [6, 6.07) is 0. The molecule has 0 aromatic rings. The van der Waals surface area contributed by atoms with Gasteiger partial charge in [-0.2, -0.15) is 0 Å². The van der Waals surface area contributed by atoms with Crippen LogP contribution in [-0.4, -0.2) is 26.2 Å². The Balaban J connectivity index is 0. The molecule has 0 bridgehead atoms. The Kier molecular flexibility index (Phi) is 7.78. The minimum absolute atomic E-state index is 0. The average Bonchev–Trinajstić information content (AvgIpc) is 2.19. The molecule has 5 heteroatoms. The molecular weight excluding hydrogens is 228 g/mol. The van der Waals surface area contributed by atoms with Gasteiger partial charge in [-0.25, -0.2) is 0 Å². The van der Waals surface area contributed by atoms with Gasteiger partial charge in [-0.1, -0.05) is 13.8 Å². The number of carbonyl (C=O) groups is 2. The third kappa shape index (κ3) is 2.72. The zero-order valence-electron chi connectivity index (χ0n) is 8.90. The first-order valence-corrected chi connectivity index (χ1v) is 4.25. The van der Waals surface area contributed by atoms with E-state index in [2.05, 4.69) is 9.47 Å². The van der Waals surface area contributed by atoms with Crippen molar-refractivity contribution in [2.75, 3.05) is 14.2 Å². The van der Waals surface area contributed by atoms with Crippen LogP contribution in [0.2, 0.25) is 0 Å². The fraction of sp³-hybridized carbons (Fsp3) is 0.778. The smallest absolute Gasteiger partial charge is 0.323 e. The summed E-state index contributed by atoms with van der Waals surface area (Å²) >= 11 is 0. The summed E-state index contributed by atoms with van der Waals surface area (Å²) in [6.07, 6.45) is 0.783. The molecule has 0 aliphatic rings. The molecule has 0 aliphatic heterocycles. The van der Waals surface area contributed by atoms with Crippen molar-refractivity contribution in [3.8, 4) is 0 Å². The van der Waals surface area contributed by atoms with Gasteiger partial charge in [-0.15, -0.1) is 0 Å². The number of esters is 2. The summed E-state index contributed by atoms with van der Waals surface area (Å²) in [7, 11) is 2.54. The normalized spacial score (nSPS) is 10.0. The van der Waals surface area contributed by atoms with Crippen LogP contribution in [0.5, 0.6) is 0 Å². The van der Waals surface area contributed by atoms with E-state index in [-0.39, 0.29) is 17.1 Å². The first kappa shape index (κ1) is 15.9. The molecule has 0 aliphatic carbocycles. The minimum Gasteiger partial charge on any atom is -0.468 e. The van der Waals surface area contributed by atoms with Crippen molar-refractivity contribution < 1.29 is 36.1 Å². The quantitative estimate of drug-likeness (QED) is 0.422. The molecule has 0 rings (SSSR count). The molecule has 0 aromatic heterocycles. The molecule has 84 valence electrons. The van der Waals surface area contributed by atoms with Crippen LogP contribution in [0.3, 0.4) is 0 Å². The summed E-state index contributed by atoms with van der Waals surface area (Å²) in [5, 5.41) is 0. The Morgan fingerprint density at radius 2 is 1.29 bits per heavy atom. The largest absolute Gasteiger partial charge is 0.468 e. The molecule has 4 nitrogen and oxygen atoms in total. The van der Waals surface area contributed by atoms with Crippen LogP contribution in [0.25, 0.3) is 0 Å². The SMILES string of the molecule is CCC(CC)(C(=O)OC)C(=O)OC.[Fe]. The molecular formula is C9H16FeO4.